The molecule has 3 nitrogen and oxygen atoms in total. The first-order valence-corrected chi connectivity index (χ1v) is 8.35. The lowest BCUT2D eigenvalue weighted by molar-refractivity contribution is -0.155. The van der Waals surface area contributed by atoms with Crippen LogP contribution in [0.1, 0.15) is 31.2 Å². The molecular weight excluding hydrogens is 311 g/mol. The summed E-state index contributed by atoms with van der Waals surface area (Å²) in [5, 5.41) is 0.626. The van der Waals surface area contributed by atoms with Gasteiger partial charge in [0, 0.05) is 31.9 Å². The van der Waals surface area contributed by atoms with Crippen molar-refractivity contribution in [2.75, 3.05) is 19.8 Å². The quantitative estimate of drug-likeness (QED) is 0.778. The molecule has 0 N–H and O–H groups in total. The minimum absolute atomic E-state index is 0.0658. The van der Waals surface area contributed by atoms with Crippen molar-refractivity contribution in [3.05, 3.63) is 28.8 Å². The molecule has 21 heavy (non-hydrogen) atoms. The van der Waals surface area contributed by atoms with Gasteiger partial charge in [-0.05, 0) is 30.5 Å². The van der Waals surface area contributed by atoms with Crippen molar-refractivity contribution in [3.63, 3.8) is 0 Å². The summed E-state index contributed by atoms with van der Waals surface area (Å²) in [5.74, 6) is 1.19. The summed E-state index contributed by atoms with van der Waals surface area (Å²) in [6, 6.07) is 5.73. The van der Waals surface area contributed by atoms with E-state index in [-0.39, 0.29) is 11.7 Å². The third-order valence-electron chi connectivity index (χ3n) is 4.30. The zero-order chi connectivity index (χ0) is 14.7. The molecule has 0 bridgehead atoms. The normalized spacial score (nSPS) is 25.0. The SMILES string of the molecule is ClCc1ccc(OC2CCOC3(CCOCC3)C2)c(Cl)c1. The highest BCUT2D eigenvalue weighted by Crippen LogP contribution is 2.37. The van der Waals surface area contributed by atoms with E-state index in [2.05, 4.69) is 0 Å². The zero-order valence-electron chi connectivity index (χ0n) is 11.9. The van der Waals surface area contributed by atoms with E-state index in [9.17, 15) is 0 Å². The molecule has 2 heterocycles. The monoisotopic (exact) mass is 330 g/mol. The van der Waals surface area contributed by atoms with Gasteiger partial charge in [0.1, 0.15) is 11.9 Å². The summed E-state index contributed by atoms with van der Waals surface area (Å²) >= 11 is 12.1. The second-order valence-corrected chi connectivity index (χ2v) is 6.45. The largest absolute Gasteiger partial charge is 0.489 e. The van der Waals surface area contributed by atoms with Crippen LogP contribution >= 0.6 is 23.2 Å². The topological polar surface area (TPSA) is 27.7 Å². The second-order valence-electron chi connectivity index (χ2n) is 5.77. The minimum atomic E-state index is -0.0658. The molecule has 0 aromatic heterocycles. The summed E-state index contributed by atoms with van der Waals surface area (Å²) in [6.45, 7) is 2.29. The summed E-state index contributed by atoms with van der Waals surface area (Å²) in [5.41, 5.74) is 0.936. The molecule has 0 saturated carbocycles. The molecule has 2 aliphatic rings. The number of ether oxygens (including phenoxy) is 3. The lowest BCUT2D eigenvalue weighted by Crippen LogP contribution is -2.47. The Kier molecular flexibility index (Phi) is 4.95. The third-order valence-corrected chi connectivity index (χ3v) is 4.90. The molecule has 0 radical (unpaired) electrons. The Labute approximate surface area is 135 Å². The van der Waals surface area contributed by atoms with Gasteiger partial charge in [-0.3, -0.25) is 0 Å². The van der Waals surface area contributed by atoms with Gasteiger partial charge in [0.15, 0.2) is 0 Å². The summed E-state index contributed by atoms with van der Waals surface area (Å²) in [6.07, 6.45) is 3.86. The van der Waals surface area contributed by atoms with Crippen LogP contribution in [0.4, 0.5) is 0 Å². The van der Waals surface area contributed by atoms with Crippen LogP contribution in [0, 0.1) is 0 Å². The number of alkyl halides is 1. The lowest BCUT2D eigenvalue weighted by atomic mass is 9.85. The van der Waals surface area contributed by atoms with Gasteiger partial charge in [-0.25, -0.2) is 0 Å². The van der Waals surface area contributed by atoms with Gasteiger partial charge in [0.25, 0.3) is 0 Å². The van der Waals surface area contributed by atoms with Crippen LogP contribution in [0.15, 0.2) is 18.2 Å². The maximum atomic E-state index is 6.27. The molecule has 1 atom stereocenters. The molecule has 1 unspecified atom stereocenters. The van der Waals surface area contributed by atoms with Crippen molar-refractivity contribution in [1.29, 1.82) is 0 Å². The Balaban J connectivity index is 1.67. The first-order chi connectivity index (χ1) is 10.2. The molecule has 0 amide bonds. The van der Waals surface area contributed by atoms with Gasteiger partial charge >= 0.3 is 0 Å². The van der Waals surface area contributed by atoms with Crippen LogP contribution in [0.3, 0.4) is 0 Å². The van der Waals surface area contributed by atoms with Gasteiger partial charge in [0.05, 0.1) is 17.2 Å². The number of hydrogen-bond donors (Lipinski definition) is 0. The lowest BCUT2D eigenvalue weighted by Gasteiger charge is -2.43. The van der Waals surface area contributed by atoms with E-state index in [1.807, 2.05) is 18.2 Å². The molecule has 2 fully saturated rings. The summed E-state index contributed by atoms with van der Waals surface area (Å²) in [7, 11) is 0. The van der Waals surface area contributed by atoms with E-state index in [1.54, 1.807) is 0 Å². The van der Waals surface area contributed by atoms with Crippen LogP contribution in [0.5, 0.6) is 5.75 Å². The zero-order valence-corrected chi connectivity index (χ0v) is 13.5. The van der Waals surface area contributed by atoms with Crippen molar-refractivity contribution in [2.24, 2.45) is 0 Å². The molecule has 0 aliphatic carbocycles. The molecule has 2 aliphatic heterocycles. The Morgan fingerprint density at radius 2 is 2.05 bits per heavy atom. The average Bonchev–Trinajstić information content (AvgIpc) is 2.50. The fraction of sp³-hybridized carbons (Fsp3) is 0.625. The van der Waals surface area contributed by atoms with Crippen LogP contribution in [-0.4, -0.2) is 31.5 Å². The molecule has 1 spiro atoms. The third kappa shape index (κ3) is 3.65. The fourth-order valence-electron chi connectivity index (χ4n) is 3.08. The van der Waals surface area contributed by atoms with Gasteiger partial charge in [-0.15, -0.1) is 11.6 Å². The van der Waals surface area contributed by atoms with Gasteiger partial charge < -0.3 is 14.2 Å². The fourth-order valence-corrected chi connectivity index (χ4v) is 3.49. The predicted molar refractivity (Wildman–Crippen MR) is 83.4 cm³/mol. The summed E-state index contributed by atoms with van der Waals surface area (Å²) < 4.78 is 17.6. The van der Waals surface area contributed by atoms with Crippen LogP contribution in [-0.2, 0) is 15.4 Å². The molecule has 5 heteroatoms. The highest BCUT2D eigenvalue weighted by molar-refractivity contribution is 6.32. The standard InChI is InChI=1S/C16H20Cl2O3/c17-11-12-1-2-15(14(18)9-12)21-13-3-6-20-16(10-13)4-7-19-8-5-16/h1-2,9,13H,3-8,10-11H2. The number of rotatable bonds is 3. The van der Waals surface area contributed by atoms with E-state index in [0.29, 0.717) is 10.9 Å². The highest BCUT2D eigenvalue weighted by Gasteiger charge is 2.40. The Morgan fingerprint density at radius 3 is 2.76 bits per heavy atom. The van der Waals surface area contributed by atoms with Gasteiger partial charge in [-0.2, -0.15) is 0 Å². The molecule has 3 rings (SSSR count). The maximum Gasteiger partial charge on any atom is 0.138 e. The molecule has 116 valence electrons. The molecule has 1 aromatic rings. The minimum Gasteiger partial charge on any atom is -0.489 e. The molecule has 1 aromatic carbocycles. The number of benzene rings is 1. The second kappa shape index (κ2) is 6.74. The Morgan fingerprint density at radius 1 is 1.24 bits per heavy atom. The molecule has 2 saturated heterocycles. The predicted octanol–water partition coefficient (Wildman–Crippen LogP) is 4.19. The van der Waals surface area contributed by atoms with E-state index in [4.69, 9.17) is 37.4 Å². The number of hydrogen-bond acceptors (Lipinski definition) is 3. The van der Waals surface area contributed by atoms with E-state index >= 15 is 0 Å². The van der Waals surface area contributed by atoms with E-state index in [1.165, 1.54) is 0 Å². The summed E-state index contributed by atoms with van der Waals surface area (Å²) in [4.78, 5) is 0. The van der Waals surface area contributed by atoms with Crippen LogP contribution in [0.2, 0.25) is 5.02 Å². The van der Waals surface area contributed by atoms with Crippen molar-refractivity contribution in [3.8, 4) is 5.75 Å². The maximum absolute atomic E-state index is 6.27. The van der Waals surface area contributed by atoms with Gasteiger partial charge in [0.2, 0.25) is 0 Å². The average molecular weight is 331 g/mol. The Hall–Kier alpha value is -0.480. The number of halogens is 2. The Bertz CT molecular complexity index is 481. The molecular formula is C16H20Cl2O3. The van der Waals surface area contributed by atoms with Crippen LogP contribution in [0.25, 0.3) is 0 Å². The first kappa shape index (κ1) is 15.4. The highest BCUT2D eigenvalue weighted by atomic mass is 35.5. The van der Waals surface area contributed by atoms with Crippen molar-refractivity contribution in [1.82, 2.24) is 0 Å². The van der Waals surface area contributed by atoms with E-state index < -0.39 is 0 Å². The van der Waals surface area contributed by atoms with Crippen molar-refractivity contribution >= 4 is 23.2 Å². The van der Waals surface area contributed by atoms with Gasteiger partial charge in [-0.1, -0.05) is 17.7 Å². The van der Waals surface area contributed by atoms with E-state index in [0.717, 1.165) is 56.8 Å². The first-order valence-electron chi connectivity index (χ1n) is 7.43. The van der Waals surface area contributed by atoms with Crippen molar-refractivity contribution < 1.29 is 14.2 Å². The van der Waals surface area contributed by atoms with Crippen molar-refractivity contribution in [2.45, 2.75) is 43.3 Å². The smallest absolute Gasteiger partial charge is 0.138 e. The van der Waals surface area contributed by atoms with Crippen LogP contribution < -0.4 is 4.74 Å².